The number of methoxy groups -OCH3 is 1. The van der Waals surface area contributed by atoms with E-state index in [0.717, 1.165) is 19.5 Å². The summed E-state index contributed by atoms with van der Waals surface area (Å²) in [6.07, 6.45) is -6.67. The molecule has 0 N–H and O–H groups in total. The van der Waals surface area contributed by atoms with E-state index >= 15 is 0 Å². The van der Waals surface area contributed by atoms with Crippen molar-refractivity contribution in [2.45, 2.75) is 19.5 Å². The largest absolute Gasteiger partial charge is 0.465 e. The molecule has 0 radical (unpaired) electrons. The fourth-order valence-electron chi connectivity index (χ4n) is 2.28. The Labute approximate surface area is 148 Å². The second-order valence-electron chi connectivity index (χ2n) is 4.91. The summed E-state index contributed by atoms with van der Waals surface area (Å²) in [5.74, 6) is -2.92. The average Bonchev–Trinajstić information content (AvgIpc) is 3.12. The van der Waals surface area contributed by atoms with Gasteiger partial charge in [0.15, 0.2) is 5.69 Å². The van der Waals surface area contributed by atoms with E-state index < -0.39 is 52.7 Å². The van der Waals surface area contributed by atoms with Crippen LogP contribution in [0, 0.1) is 0 Å². The van der Waals surface area contributed by atoms with Gasteiger partial charge in [-0.2, -0.15) is 18.3 Å². The standard InChI is InChI=1S/C15H12F5N3O4/c1-3-27-14(25)8-10(23-6-4-5-21-23)7(13(24)26-2)9(12(16)17)22-11(8)15(18,19)20/h4-6,12H,3H2,1-2H3. The number of nitrogens with zero attached hydrogens (tertiary/aromatic N) is 3. The van der Waals surface area contributed by atoms with E-state index in [4.69, 9.17) is 0 Å². The molecule has 0 aliphatic heterocycles. The fraction of sp³-hybridized carbons (Fsp3) is 0.333. The van der Waals surface area contributed by atoms with Crippen molar-refractivity contribution >= 4 is 11.9 Å². The van der Waals surface area contributed by atoms with Crippen molar-refractivity contribution in [1.29, 1.82) is 0 Å². The molecule has 0 atom stereocenters. The molecule has 2 rings (SSSR count). The molecule has 0 bridgehead atoms. The van der Waals surface area contributed by atoms with Crippen LogP contribution in [0.5, 0.6) is 0 Å². The highest BCUT2D eigenvalue weighted by atomic mass is 19.4. The first-order valence-corrected chi connectivity index (χ1v) is 7.32. The van der Waals surface area contributed by atoms with E-state index in [1.807, 2.05) is 0 Å². The monoisotopic (exact) mass is 393 g/mol. The Morgan fingerprint density at radius 3 is 2.33 bits per heavy atom. The summed E-state index contributed by atoms with van der Waals surface area (Å²) in [6.45, 7) is 1.03. The number of rotatable bonds is 5. The minimum Gasteiger partial charge on any atom is -0.465 e. The van der Waals surface area contributed by atoms with Gasteiger partial charge in [0.05, 0.1) is 19.4 Å². The Kier molecular flexibility index (Phi) is 5.76. The van der Waals surface area contributed by atoms with Crippen LogP contribution in [0.3, 0.4) is 0 Å². The van der Waals surface area contributed by atoms with Crippen LogP contribution in [0.25, 0.3) is 5.69 Å². The normalized spacial score (nSPS) is 11.6. The van der Waals surface area contributed by atoms with Crippen molar-refractivity contribution in [3.8, 4) is 5.69 Å². The second-order valence-corrected chi connectivity index (χ2v) is 4.91. The zero-order valence-corrected chi connectivity index (χ0v) is 13.9. The van der Waals surface area contributed by atoms with Gasteiger partial charge in [0.25, 0.3) is 6.43 Å². The number of ether oxygens (including phenoxy) is 2. The maximum absolute atomic E-state index is 13.5. The molecule has 0 aliphatic carbocycles. The number of carbonyl (C=O) groups excluding carboxylic acids is 2. The van der Waals surface area contributed by atoms with Crippen LogP contribution in [-0.4, -0.2) is 40.4 Å². The quantitative estimate of drug-likeness (QED) is 0.573. The Morgan fingerprint density at radius 2 is 1.89 bits per heavy atom. The van der Waals surface area contributed by atoms with Crippen LogP contribution in [0.2, 0.25) is 0 Å². The van der Waals surface area contributed by atoms with Gasteiger partial charge in [-0.05, 0) is 13.0 Å². The molecule has 0 saturated heterocycles. The maximum Gasteiger partial charge on any atom is 0.434 e. The minimum atomic E-state index is -5.29. The summed E-state index contributed by atoms with van der Waals surface area (Å²) in [4.78, 5) is 27.2. The highest BCUT2D eigenvalue weighted by Gasteiger charge is 2.44. The molecular formula is C15H12F5N3O4. The lowest BCUT2D eigenvalue weighted by Gasteiger charge is -2.20. The number of esters is 2. The predicted molar refractivity (Wildman–Crippen MR) is 78.6 cm³/mol. The summed E-state index contributed by atoms with van der Waals surface area (Å²) in [6, 6.07) is 1.26. The van der Waals surface area contributed by atoms with Gasteiger partial charge in [0.1, 0.15) is 16.8 Å². The molecule has 7 nitrogen and oxygen atoms in total. The van der Waals surface area contributed by atoms with E-state index in [-0.39, 0.29) is 6.61 Å². The van der Waals surface area contributed by atoms with Crippen LogP contribution in [0.1, 0.15) is 45.5 Å². The number of halogens is 5. The summed E-state index contributed by atoms with van der Waals surface area (Å²) >= 11 is 0. The average molecular weight is 393 g/mol. The number of hydrogen-bond donors (Lipinski definition) is 0. The smallest absolute Gasteiger partial charge is 0.434 e. The zero-order chi connectivity index (χ0) is 20.4. The van der Waals surface area contributed by atoms with E-state index in [9.17, 15) is 31.5 Å². The van der Waals surface area contributed by atoms with Gasteiger partial charge < -0.3 is 9.47 Å². The van der Waals surface area contributed by atoms with Crippen molar-refractivity contribution in [2.24, 2.45) is 0 Å². The number of pyridine rings is 1. The van der Waals surface area contributed by atoms with E-state index in [2.05, 4.69) is 19.6 Å². The molecule has 0 aliphatic rings. The van der Waals surface area contributed by atoms with Gasteiger partial charge in [0, 0.05) is 12.4 Å². The van der Waals surface area contributed by atoms with Gasteiger partial charge in [-0.25, -0.2) is 28.0 Å². The van der Waals surface area contributed by atoms with Gasteiger partial charge in [-0.1, -0.05) is 0 Å². The molecule has 0 spiro atoms. The summed E-state index contributed by atoms with van der Waals surface area (Å²) < 4.78 is 76.9. The highest BCUT2D eigenvalue weighted by Crippen LogP contribution is 2.38. The Bertz CT molecular complexity index is 850. The van der Waals surface area contributed by atoms with Crippen molar-refractivity contribution < 1.29 is 41.0 Å². The Hall–Kier alpha value is -3.05. The first-order valence-electron chi connectivity index (χ1n) is 7.32. The molecular weight excluding hydrogens is 381 g/mol. The predicted octanol–water partition coefficient (Wildman–Crippen LogP) is 3.19. The number of alkyl halides is 5. The van der Waals surface area contributed by atoms with Crippen molar-refractivity contribution in [2.75, 3.05) is 13.7 Å². The molecule has 0 amide bonds. The first-order chi connectivity index (χ1) is 12.6. The Balaban J connectivity index is 3.06. The number of aromatic nitrogens is 3. The van der Waals surface area contributed by atoms with Crippen molar-refractivity contribution in [3.05, 3.63) is 41.0 Å². The van der Waals surface area contributed by atoms with Crippen LogP contribution in [0.4, 0.5) is 22.0 Å². The zero-order valence-electron chi connectivity index (χ0n) is 13.9. The molecule has 0 saturated carbocycles. The summed E-state index contributed by atoms with van der Waals surface area (Å²) in [7, 11) is 0.839. The van der Waals surface area contributed by atoms with Gasteiger partial charge in [-0.3, -0.25) is 0 Å². The fourth-order valence-corrected chi connectivity index (χ4v) is 2.28. The molecule has 2 aromatic heterocycles. The summed E-state index contributed by atoms with van der Waals surface area (Å²) in [5, 5.41) is 3.65. The lowest BCUT2D eigenvalue weighted by molar-refractivity contribution is -0.142. The van der Waals surface area contributed by atoms with Crippen LogP contribution in [0.15, 0.2) is 18.5 Å². The van der Waals surface area contributed by atoms with Crippen molar-refractivity contribution in [1.82, 2.24) is 14.8 Å². The number of carbonyl (C=O) groups is 2. The second kappa shape index (κ2) is 7.68. The summed E-state index contributed by atoms with van der Waals surface area (Å²) in [5.41, 5.74) is -6.52. The maximum atomic E-state index is 13.5. The lowest BCUT2D eigenvalue weighted by Crippen LogP contribution is -2.25. The van der Waals surface area contributed by atoms with E-state index in [0.29, 0.717) is 4.68 Å². The van der Waals surface area contributed by atoms with Crippen LogP contribution >= 0.6 is 0 Å². The molecule has 12 heteroatoms. The molecule has 146 valence electrons. The first kappa shape index (κ1) is 20.3. The molecule has 0 aromatic carbocycles. The molecule has 2 aromatic rings. The Morgan fingerprint density at radius 1 is 1.22 bits per heavy atom. The van der Waals surface area contributed by atoms with E-state index in [1.165, 1.54) is 13.0 Å². The van der Waals surface area contributed by atoms with Gasteiger partial charge >= 0.3 is 18.1 Å². The third-order valence-corrected chi connectivity index (χ3v) is 3.28. The van der Waals surface area contributed by atoms with Crippen LogP contribution < -0.4 is 0 Å². The molecule has 0 unspecified atom stereocenters. The number of hydrogen-bond acceptors (Lipinski definition) is 6. The third-order valence-electron chi connectivity index (χ3n) is 3.28. The van der Waals surface area contributed by atoms with Gasteiger partial charge in [-0.15, -0.1) is 0 Å². The van der Waals surface area contributed by atoms with Crippen molar-refractivity contribution in [3.63, 3.8) is 0 Å². The molecule has 27 heavy (non-hydrogen) atoms. The SMILES string of the molecule is CCOC(=O)c1c(C(F)(F)F)nc(C(F)F)c(C(=O)OC)c1-n1cccn1. The van der Waals surface area contributed by atoms with Crippen LogP contribution in [-0.2, 0) is 15.7 Å². The van der Waals surface area contributed by atoms with Gasteiger partial charge in [0.2, 0.25) is 0 Å². The molecule has 0 fully saturated rings. The third kappa shape index (κ3) is 3.88. The lowest BCUT2D eigenvalue weighted by atomic mass is 10.0. The highest BCUT2D eigenvalue weighted by molar-refractivity contribution is 6.03. The minimum absolute atomic E-state index is 0.307. The topological polar surface area (TPSA) is 83.3 Å². The molecule has 2 heterocycles. The van der Waals surface area contributed by atoms with E-state index in [1.54, 1.807) is 0 Å².